The summed E-state index contributed by atoms with van der Waals surface area (Å²) >= 11 is 0. The van der Waals surface area contributed by atoms with Crippen LogP contribution in [0.3, 0.4) is 0 Å². The van der Waals surface area contributed by atoms with E-state index in [4.69, 9.17) is 14.6 Å². The summed E-state index contributed by atoms with van der Waals surface area (Å²) in [5.41, 5.74) is 3.01. The number of pyridine rings is 1. The van der Waals surface area contributed by atoms with Gasteiger partial charge in [0.15, 0.2) is 17.3 Å². The molecule has 3 aromatic heterocycles. The topological polar surface area (TPSA) is 96.1 Å². The number of amides is 1. The van der Waals surface area contributed by atoms with Crippen molar-refractivity contribution < 1.29 is 14.3 Å². The van der Waals surface area contributed by atoms with Gasteiger partial charge in [0.1, 0.15) is 5.69 Å². The standard InChI is InChI=1S/C26H22N6O3/c1-34-22-11-9-18(15-23(22)35-2)25-21(17-32(30-25)20-7-4-3-5-8-20)26(33)29-19-10-12-24(27-16-19)31-14-6-13-28-31/h3-17H,1-2H3,(H,29,33). The molecular formula is C26H22N6O3. The molecule has 0 saturated carbocycles. The van der Waals surface area contributed by atoms with E-state index in [1.54, 1.807) is 72.6 Å². The van der Waals surface area contributed by atoms with Crippen molar-refractivity contribution >= 4 is 11.6 Å². The molecule has 0 atom stereocenters. The predicted octanol–water partition coefficient (Wildman–Crippen LogP) is 4.39. The van der Waals surface area contributed by atoms with Gasteiger partial charge in [0.2, 0.25) is 0 Å². The minimum atomic E-state index is -0.314. The number of methoxy groups -OCH3 is 2. The molecule has 0 spiro atoms. The van der Waals surface area contributed by atoms with E-state index in [1.807, 2.05) is 42.5 Å². The van der Waals surface area contributed by atoms with Gasteiger partial charge in [-0.3, -0.25) is 4.79 Å². The Balaban J connectivity index is 1.50. The zero-order chi connectivity index (χ0) is 24.2. The number of carbonyl (C=O) groups excluding carboxylic acids is 1. The Morgan fingerprint density at radius 2 is 1.74 bits per heavy atom. The molecule has 0 fully saturated rings. The summed E-state index contributed by atoms with van der Waals surface area (Å²) in [6.45, 7) is 0. The van der Waals surface area contributed by atoms with Crippen molar-refractivity contribution in [2.75, 3.05) is 19.5 Å². The maximum absolute atomic E-state index is 13.4. The van der Waals surface area contributed by atoms with Gasteiger partial charge in [-0.1, -0.05) is 18.2 Å². The van der Waals surface area contributed by atoms with E-state index < -0.39 is 0 Å². The van der Waals surface area contributed by atoms with Gasteiger partial charge >= 0.3 is 0 Å². The fourth-order valence-corrected chi connectivity index (χ4v) is 3.65. The Bertz CT molecular complexity index is 1440. The lowest BCUT2D eigenvalue weighted by Gasteiger charge is -2.10. The highest BCUT2D eigenvalue weighted by Gasteiger charge is 2.20. The van der Waals surface area contributed by atoms with E-state index in [2.05, 4.69) is 15.4 Å². The lowest BCUT2D eigenvalue weighted by molar-refractivity contribution is 0.102. The number of carbonyl (C=O) groups is 1. The van der Waals surface area contributed by atoms with Crippen LogP contribution in [-0.2, 0) is 0 Å². The zero-order valence-electron chi connectivity index (χ0n) is 19.1. The van der Waals surface area contributed by atoms with Crippen LogP contribution in [0.5, 0.6) is 11.5 Å². The van der Waals surface area contributed by atoms with E-state index in [9.17, 15) is 4.79 Å². The van der Waals surface area contributed by atoms with Gasteiger partial charge in [-0.25, -0.2) is 14.3 Å². The highest BCUT2D eigenvalue weighted by Crippen LogP contribution is 2.33. The number of rotatable bonds is 7. The van der Waals surface area contributed by atoms with Crippen LogP contribution in [0.25, 0.3) is 22.8 Å². The molecule has 0 aliphatic heterocycles. The number of nitrogens with zero attached hydrogens (tertiary/aromatic N) is 5. The molecular weight excluding hydrogens is 444 g/mol. The predicted molar refractivity (Wildman–Crippen MR) is 131 cm³/mol. The summed E-state index contributed by atoms with van der Waals surface area (Å²) in [6, 6.07) is 20.4. The third-order valence-electron chi connectivity index (χ3n) is 5.38. The van der Waals surface area contributed by atoms with E-state index >= 15 is 0 Å². The van der Waals surface area contributed by atoms with Crippen LogP contribution in [0.2, 0.25) is 0 Å². The molecule has 0 aliphatic carbocycles. The van der Waals surface area contributed by atoms with Crippen LogP contribution in [-0.4, -0.2) is 44.7 Å². The summed E-state index contributed by atoms with van der Waals surface area (Å²) in [4.78, 5) is 17.8. The summed E-state index contributed by atoms with van der Waals surface area (Å²) in [5.74, 6) is 1.47. The van der Waals surface area contributed by atoms with Gasteiger partial charge in [0.25, 0.3) is 5.91 Å². The van der Waals surface area contributed by atoms with Crippen LogP contribution in [0.1, 0.15) is 10.4 Å². The molecule has 2 aromatic carbocycles. The van der Waals surface area contributed by atoms with Crippen LogP contribution in [0.15, 0.2) is 91.5 Å². The lowest BCUT2D eigenvalue weighted by Crippen LogP contribution is -2.13. The fraction of sp³-hybridized carbons (Fsp3) is 0.0769. The Kier molecular flexibility index (Phi) is 5.96. The number of ether oxygens (including phenoxy) is 2. The first-order valence-electron chi connectivity index (χ1n) is 10.8. The Hall–Kier alpha value is -4.92. The van der Waals surface area contributed by atoms with Gasteiger partial charge in [0.05, 0.1) is 37.4 Å². The van der Waals surface area contributed by atoms with Crippen LogP contribution >= 0.6 is 0 Å². The minimum Gasteiger partial charge on any atom is -0.493 e. The second kappa shape index (κ2) is 9.52. The molecule has 0 radical (unpaired) electrons. The molecule has 3 heterocycles. The molecule has 35 heavy (non-hydrogen) atoms. The van der Waals surface area contributed by atoms with E-state index in [1.165, 1.54) is 0 Å². The maximum Gasteiger partial charge on any atom is 0.259 e. The molecule has 5 aromatic rings. The van der Waals surface area contributed by atoms with Gasteiger partial charge in [-0.05, 0) is 48.5 Å². The first kappa shape index (κ1) is 21.9. The molecule has 0 saturated heterocycles. The monoisotopic (exact) mass is 466 g/mol. The molecule has 5 rings (SSSR count). The normalized spacial score (nSPS) is 10.7. The average molecular weight is 467 g/mol. The Morgan fingerprint density at radius 3 is 2.43 bits per heavy atom. The van der Waals surface area contributed by atoms with Gasteiger partial charge in [0, 0.05) is 24.2 Å². The van der Waals surface area contributed by atoms with Crippen molar-refractivity contribution in [1.82, 2.24) is 24.5 Å². The fourth-order valence-electron chi connectivity index (χ4n) is 3.65. The number of hydrogen-bond acceptors (Lipinski definition) is 6. The zero-order valence-corrected chi connectivity index (χ0v) is 19.1. The van der Waals surface area contributed by atoms with Crippen molar-refractivity contribution in [3.63, 3.8) is 0 Å². The average Bonchev–Trinajstić information content (AvgIpc) is 3.60. The minimum absolute atomic E-state index is 0.314. The van der Waals surface area contributed by atoms with Gasteiger partial charge in [-0.2, -0.15) is 10.2 Å². The van der Waals surface area contributed by atoms with Crippen molar-refractivity contribution in [1.29, 1.82) is 0 Å². The second-order valence-corrected chi connectivity index (χ2v) is 7.55. The van der Waals surface area contributed by atoms with Gasteiger partial charge < -0.3 is 14.8 Å². The third-order valence-corrected chi connectivity index (χ3v) is 5.38. The number of nitrogens with one attached hydrogen (secondary N) is 1. The van der Waals surface area contributed by atoms with E-state index in [0.29, 0.717) is 34.3 Å². The summed E-state index contributed by atoms with van der Waals surface area (Å²) in [7, 11) is 3.14. The van der Waals surface area contributed by atoms with E-state index in [0.717, 1.165) is 11.3 Å². The van der Waals surface area contributed by atoms with Crippen molar-refractivity contribution in [3.05, 3.63) is 97.1 Å². The molecule has 174 valence electrons. The SMILES string of the molecule is COc1ccc(-c2nn(-c3ccccc3)cc2C(=O)Nc2ccc(-n3cccn3)nc2)cc1OC. The number of benzene rings is 2. The highest BCUT2D eigenvalue weighted by atomic mass is 16.5. The van der Waals surface area contributed by atoms with Crippen molar-refractivity contribution in [2.24, 2.45) is 0 Å². The molecule has 0 unspecified atom stereocenters. The number of hydrogen-bond donors (Lipinski definition) is 1. The Labute approximate surface area is 201 Å². The first-order valence-corrected chi connectivity index (χ1v) is 10.8. The lowest BCUT2D eigenvalue weighted by atomic mass is 10.1. The largest absolute Gasteiger partial charge is 0.493 e. The van der Waals surface area contributed by atoms with Crippen LogP contribution in [0, 0.1) is 0 Å². The molecule has 9 heteroatoms. The first-order chi connectivity index (χ1) is 17.2. The van der Waals surface area contributed by atoms with E-state index in [-0.39, 0.29) is 5.91 Å². The van der Waals surface area contributed by atoms with Crippen molar-refractivity contribution in [2.45, 2.75) is 0 Å². The summed E-state index contributed by atoms with van der Waals surface area (Å²) in [5, 5.41) is 11.8. The van der Waals surface area contributed by atoms with Crippen molar-refractivity contribution in [3.8, 4) is 34.3 Å². The summed E-state index contributed by atoms with van der Waals surface area (Å²) < 4.78 is 14.1. The molecule has 1 N–H and O–H groups in total. The molecule has 1 amide bonds. The molecule has 9 nitrogen and oxygen atoms in total. The smallest absolute Gasteiger partial charge is 0.259 e. The van der Waals surface area contributed by atoms with Crippen LogP contribution in [0.4, 0.5) is 5.69 Å². The number of aromatic nitrogens is 5. The highest BCUT2D eigenvalue weighted by molar-refractivity contribution is 6.08. The third kappa shape index (κ3) is 4.47. The Morgan fingerprint density at radius 1 is 0.914 bits per heavy atom. The quantitative estimate of drug-likeness (QED) is 0.382. The summed E-state index contributed by atoms with van der Waals surface area (Å²) in [6.07, 6.45) is 6.78. The second-order valence-electron chi connectivity index (χ2n) is 7.55. The number of para-hydroxylation sites is 1. The van der Waals surface area contributed by atoms with Gasteiger partial charge in [-0.15, -0.1) is 0 Å². The molecule has 0 bridgehead atoms. The van der Waals surface area contributed by atoms with Crippen LogP contribution < -0.4 is 14.8 Å². The maximum atomic E-state index is 13.4. The number of anilines is 1. The molecule has 0 aliphatic rings.